The molecule has 0 bridgehead atoms. The number of carbonyl (C=O) groups excluding carboxylic acids is 1. The Morgan fingerprint density at radius 1 is 1.47 bits per heavy atom. The fraction of sp³-hybridized carbons (Fsp3) is 0.583. The highest BCUT2D eigenvalue weighted by Crippen LogP contribution is 2.17. The van der Waals surface area contributed by atoms with E-state index in [0.717, 1.165) is 32.2 Å². The highest BCUT2D eigenvalue weighted by molar-refractivity contribution is 5.54. The van der Waals surface area contributed by atoms with Gasteiger partial charge in [-0.2, -0.15) is 0 Å². The van der Waals surface area contributed by atoms with Crippen LogP contribution in [-0.2, 0) is 11.3 Å². The predicted octanol–water partition coefficient (Wildman–Crippen LogP) is 0.679. The Hall–Kier alpha value is -1.65. The van der Waals surface area contributed by atoms with E-state index in [2.05, 4.69) is 4.98 Å². The van der Waals surface area contributed by atoms with Crippen LogP contribution in [-0.4, -0.2) is 28.9 Å². The van der Waals surface area contributed by atoms with Gasteiger partial charge in [0, 0.05) is 37.9 Å². The molecule has 1 aromatic rings. The molecule has 0 unspecified atom stereocenters. The summed E-state index contributed by atoms with van der Waals surface area (Å²) in [6.45, 7) is 4.06. The van der Waals surface area contributed by atoms with E-state index in [4.69, 9.17) is 0 Å². The lowest BCUT2D eigenvalue weighted by atomic mass is 9.99. The van der Waals surface area contributed by atoms with Gasteiger partial charge in [-0.3, -0.25) is 4.79 Å². The second-order valence-electron chi connectivity index (χ2n) is 4.30. The molecule has 92 valence electrons. The van der Waals surface area contributed by atoms with Gasteiger partial charge in [0.05, 0.1) is 0 Å². The van der Waals surface area contributed by atoms with Crippen molar-refractivity contribution in [2.45, 2.75) is 26.3 Å². The van der Waals surface area contributed by atoms with Gasteiger partial charge in [-0.25, -0.2) is 4.98 Å². The Kier molecular flexibility index (Phi) is 3.56. The smallest absolute Gasteiger partial charge is 0.293 e. The lowest BCUT2D eigenvalue weighted by molar-refractivity contribution is -0.111. The van der Waals surface area contributed by atoms with E-state index >= 15 is 0 Å². The van der Waals surface area contributed by atoms with E-state index in [0.29, 0.717) is 12.4 Å². The van der Waals surface area contributed by atoms with Gasteiger partial charge in [-0.1, -0.05) is 0 Å². The summed E-state index contributed by atoms with van der Waals surface area (Å²) < 4.78 is 1.65. The molecule has 2 rings (SSSR count). The van der Waals surface area contributed by atoms with Crippen LogP contribution in [0, 0.1) is 5.92 Å². The summed E-state index contributed by atoms with van der Waals surface area (Å²) in [6, 6.07) is 0. The first-order chi connectivity index (χ1) is 8.26. The highest BCUT2D eigenvalue weighted by Gasteiger charge is 2.21. The molecule has 1 aliphatic rings. The molecule has 5 nitrogen and oxygen atoms in total. The summed E-state index contributed by atoms with van der Waals surface area (Å²) in [5.74, 6) is 0.655. The fourth-order valence-electron chi connectivity index (χ4n) is 2.15. The third-order valence-electron chi connectivity index (χ3n) is 3.27. The third kappa shape index (κ3) is 2.38. The number of aromatic nitrogens is 2. The molecule has 0 amide bonds. The van der Waals surface area contributed by atoms with Crippen LogP contribution in [0.2, 0.25) is 0 Å². The molecular formula is C12H17N3O2. The molecule has 0 spiro atoms. The number of aldehydes is 1. The van der Waals surface area contributed by atoms with E-state index in [1.807, 2.05) is 11.8 Å². The standard InChI is InChI=1S/C12H17N3O2/c1-2-14-8-5-13-11(12(14)17)15-6-3-10(9-16)4-7-15/h5,8-10H,2-4,6-7H2,1H3. The van der Waals surface area contributed by atoms with Gasteiger partial charge in [0.25, 0.3) is 5.56 Å². The minimum Gasteiger partial charge on any atom is -0.352 e. The van der Waals surface area contributed by atoms with Crippen LogP contribution in [0.25, 0.3) is 0 Å². The monoisotopic (exact) mass is 235 g/mol. The van der Waals surface area contributed by atoms with Crippen molar-refractivity contribution in [2.75, 3.05) is 18.0 Å². The normalized spacial score (nSPS) is 17.1. The van der Waals surface area contributed by atoms with Gasteiger partial charge in [0.2, 0.25) is 0 Å². The van der Waals surface area contributed by atoms with Crippen LogP contribution < -0.4 is 10.5 Å². The number of hydrogen-bond acceptors (Lipinski definition) is 4. The Morgan fingerprint density at radius 3 is 2.76 bits per heavy atom. The Morgan fingerprint density at radius 2 is 2.18 bits per heavy atom. The highest BCUT2D eigenvalue weighted by atomic mass is 16.1. The molecule has 0 N–H and O–H groups in total. The molecule has 0 atom stereocenters. The summed E-state index contributed by atoms with van der Waals surface area (Å²) in [5, 5.41) is 0. The van der Waals surface area contributed by atoms with E-state index in [1.54, 1.807) is 17.0 Å². The molecular weight excluding hydrogens is 218 g/mol. The van der Waals surface area contributed by atoms with Crippen LogP contribution in [0.15, 0.2) is 17.2 Å². The number of anilines is 1. The first kappa shape index (κ1) is 11.8. The van der Waals surface area contributed by atoms with Crippen molar-refractivity contribution in [1.29, 1.82) is 0 Å². The third-order valence-corrected chi connectivity index (χ3v) is 3.27. The molecule has 5 heteroatoms. The summed E-state index contributed by atoms with van der Waals surface area (Å²) >= 11 is 0. The molecule has 1 fully saturated rings. The predicted molar refractivity (Wildman–Crippen MR) is 65.2 cm³/mol. The molecule has 0 aliphatic carbocycles. The molecule has 1 aliphatic heterocycles. The van der Waals surface area contributed by atoms with Crippen LogP contribution in [0.1, 0.15) is 19.8 Å². The number of rotatable bonds is 3. The van der Waals surface area contributed by atoms with Crippen molar-refractivity contribution in [2.24, 2.45) is 5.92 Å². The van der Waals surface area contributed by atoms with Gasteiger partial charge in [0.15, 0.2) is 5.82 Å². The number of carbonyl (C=O) groups is 1. The minimum absolute atomic E-state index is 0.0421. The molecule has 0 aromatic carbocycles. The SMILES string of the molecule is CCn1ccnc(N2CCC(C=O)CC2)c1=O. The maximum Gasteiger partial charge on any atom is 0.293 e. The van der Waals surface area contributed by atoms with Crippen molar-refractivity contribution < 1.29 is 4.79 Å². The largest absolute Gasteiger partial charge is 0.352 e. The average Bonchev–Trinajstić information content (AvgIpc) is 2.39. The molecule has 0 saturated carbocycles. The van der Waals surface area contributed by atoms with Crippen molar-refractivity contribution in [3.8, 4) is 0 Å². The number of aryl methyl sites for hydroxylation is 1. The summed E-state index contributed by atoms with van der Waals surface area (Å²) in [6.07, 6.45) is 5.99. The van der Waals surface area contributed by atoms with Crippen molar-refractivity contribution in [1.82, 2.24) is 9.55 Å². The van der Waals surface area contributed by atoms with E-state index in [-0.39, 0.29) is 11.5 Å². The van der Waals surface area contributed by atoms with Gasteiger partial charge < -0.3 is 14.3 Å². The van der Waals surface area contributed by atoms with Gasteiger partial charge in [0.1, 0.15) is 6.29 Å². The summed E-state index contributed by atoms with van der Waals surface area (Å²) in [7, 11) is 0. The second-order valence-corrected chi connectivity index (χ2v) is 4.30. The van der Waals surface area contributed by atoms with Gasteiger partial charge in [-0.05, 0) is 19.8 Å². The van der Waals surface area contributed by atoms with Crippen LogP contribution in [0.4, 0.5) is 5.82 Å². The molecule has 1 aromatic heterocycles. The number of piperidine rings is 1. The van der Waals surface area contributed by atoms with Crippen LogP contribution in [0.3, 0.4) is 0 Å². The summed E-state index contributed by atoms with van der Waals surface area (Å²) in [4.78, 5) is 28.9. The van der Waals surface area contributed by atoms with E-state index in [1.165, 1.54) is 0 Å². The van der Waals surface area contributed by atoms with Crippen molar-refractivity contribution in [3.05, 3.63) is 22.7 Å². The first-order valence-corrected chi connectivity index (χ1v) is 6.02. The zero-order valence-corrected chi connectivity index (χ0v) is 10.0. The maximum absolute atomic E-state index is 12.0. The Balaban J connectivity index is 2.19. The second kappa shape index (κ2) is 5.12. The Bertz CT molecular complexity index is 447. The fourth-order valence-corrected chi connectivity index (χ4v) is 2.15. The maximum atomic E-state index is 12.0. The number of nitrogens with zero attached hydrogens (tertiary/aromatic N) is 3. The quantitative estimate of drug-likeness (QED) is 0.723. The van der Waals surface area contributed by atoms with Gasteiger partial charge >= 0.3 is 0 Å². The molecule has 0 radical (unpaired) electrons. The average molecular weight is 235 g/mol. The van der Waals surface area contributed by atoms with E-state index in [9.17, 15) is 9.59 Å². The minimum atomic E-state index is -0.0421. The summed E-state index contributed by atoms with van der Waals surface area (Å²) in [5.41, 5.74) is -0.0421. The molecule has 17 heavy (non-hydrogen) atoms. The number of hydrogen-bond donors (Lipinski definition) is 0. The zero-order chi connectivity index (χ0) is 12.3. The first-order valence-electron chi connectivity index (χ1n) is 6.02. The van der Waals surface area contributed by atoms with Crippen LogP contribution in [0.5, 0.6) is 0 Å². The molecule has 2 heterocycles. The van der Waals surface area contributed by atoms with Crippen LogP contribution >= 0.6 is 0 Å². The lowest BCUT2D eigenvalue weighted by Crippen LogP contribution is -2.39. The van der Waals surface area contributed by atoms with E-state index < -0.39 is 0 Å². The zero-order valence-electron chi connectivity index (χ0n) is 10.0. The van der Waals surface area contributed by atoms with Crippen molar-refractivity contribution in [3.63, 3.8) is 0 Å². The lowest BCUT2D eigenvalue weighted by Gasteiger charge is -2.30. The molecule has 1 saturated heterocycles. The topological polar surface area (TPSA) is 55.2 Å². The Labute approximate surface area is 100 Å². The van der Waals surface area contributed by atoms with Crippen molar-refractivity contribution >= 4 is 12.1 Å². The van der Waals surface area contributed by atoms with Gasteiger partial charge in [-0.15, -0.1) is 0 Å².